The van der Waals surface area contributed by atoms with Gasteiger partial charge >= 0.3 is 5.97 Å². The molecule has 3 saturated carbocycles. The summed E-state index contributed by atoms with van der Waals surface area (Å²) in [5, 5.41) is 8.85. The zero-order valence-corrected chi connectivity index (χ0v) is 19.3. The minimum Gasteiger partial charge on any atom is -0.466 e. The molecular weight excluding hydrogens is 447 g/mol. The number of hydrogen-bond donors (Lipinski definition) is 2. The number of fused-ring (bicyclic) bond motifs is 5. The molecule has 2 atom stereocenters. The average Bonchev–Trinajstić information content (AvgIpc) is 3.48. The molecule has 2 N–H and O–H groups in total. The maximum absolute atomic E-state index is 14.0. The highest BCUT2D eigenvalue weighted by Gasteiger charge is 2.48. The van der Waals surface area contributed by atoms with Crippen molar-refractivity contribution in [2.24, 2.45) is 17.8 Å². The van der Waals surface area contributed by atoms with Crippen molar-refractivity contribution in [2.75, 3.05) is 11.9 Å². The lowest BCUT2D eigenvalue weighted by molar-refractivity contribution is -0.154. The lowest BCUT2D eigenvalue weighted by atomic mass is 9.61. The number of carbonyl (C=O) groups is 1. The first-order chi connectivity index (χ1) is 17.1. The summed E-state index contributed by atoms with van der Waals surface area (Å²) in [7, 11) is 0. The fraction of sp³-hybridized carbons (Fsp3) is 0.385. The summed E-state index contributed by atoms with van der Waals surface area (Å²) < 4.78 is 21.1. The first-order valence-corrected chi connectivity index (χ1v) is 12.0. The molecule has 0 aliphatic heterocycles. The van der Waals surface area contributed by atoms with Gasteiger partial charge in [0.2, 0.25) is 0 Å². The molecule has 2 bridgehead atoms. The van der Waals surface area contributed by atoms with Gasteiger partial charge in [0.05, 0.1) is 18.7 Å². The zero-order valence-electron chi connectivity index (χ0n) is 19.3. The van der Waals surface area contributed by atoms with Crippen LogP contribution in [0.2, 0.25) is 0 Å². The number of aromatic amines is 1. The molecule has 3 aliphatic rings. The van der Waals surface area contributed by atoms with Gasteiger partial charge in [-0.1, -0.05) is 5.92 Å². The number of rotatable bonds is 5. The Labute approximate surface area is 201 Å². The summed E-state index contributed by atoms with van der Waals surface area (Å²) in [6.07, 6.45) is 12.8. The van der Waals surface area contributed by atoms with E-state index in [4.69, 9.17) is 16.1 Å². The van der Waals surface area contributed by atoms with Crippen LogP contribution in [0.1, 0.15) is 38.3 Å². The molecule has 8 nitrogen and oxygen atoms in total. The van der Waals surface area contributed by atoms with Gasteiger partial charge in [0, 0.05) is 23.2 Å². The topological polar surface area (TPSA) is 97.2 Å². The van der Waals surface area contributed by atoms with E-state index in [1.54, 1.807) is 10.7 Å². The van der Waals surface area contributed by atoms with E-state index in [0.29, 0.717) is 52.4 Å². The highest BCUT2D eigenvalue weighted by atomic mass is 19.1. The number of terminal acetylenes is 1. The Morgan fingerprint density at radius 3 is 2.89 bits per heavy atom. The van der Waals surface area contributed by atoms with Gasteiger partial charge in [-0.2, -0.15) is 0 Å². The zero-order chi connectivity index (χ0) is 24.1. The van der Waals surface area contributed by atoms with Crippen molar-refractivity contribution >= 4 is 28.3 Å². The number of hydrogen-bond acceptors (Lipinski definition) is 6. The number of nitrogens with zero attached hydrogens (tertiary/aromatic N) is 4. The molecule has 178 valence electrons. The maximum Gasteiger partial charge on any atom is 0.311 e. The lowest BCUT2D eigenvalue weighted by Gasteiger charge is -2.47. The lowest BCUT2D eigenvalue weighted by Crippen LogP contribution is -2.52. The molecule has 35 heavy (non-hydrogen) atoms. The van der Waals surface area contributed by atoms with E-state index in [1.165, 1.54) is 6.07 Å². The summed E-state index contributed by atoms with van der Waals surface area (Å²) in [6, 6.07) is 4.99. The molecule has 0 radical (unpaired) electrons. The summed E-state index contributed by atoms with van der Waals surface area (Å²) >= 11 is 0. The van der Waals surface area contributed by atoms with E-state index in [0.717, 1.165) is 37.4 Å². The Morgan fingerprint density at radius 2 is 2.11 bits per heavy atom. The summed E-state index contributed by atoms with van der Waals surface area (Å²) in [4.78, 5) is 25.0. The van der Waals surface area contributed by atoms with Crippen LogP contribution in [0.5, 0.6) is 0 Å². The number of H-pyrrole nitrogens is 1. The molecule has 0 aromatic carbocycles. The van der Waals surface area contributed by atoms with E-state index >= 15 is 0 Å². The molecule has 4 aromatic heterocycles. The fourth-order valence-corrected chi connectivity index (χ4v) is 5.88. The van der Waals surface area contributed by atoms with E-state index < -0.39 is 5.82 Å². The van der Waals surface area contributed by atoms with Crippen LogP contribution < -0.4 is 5.32 Å². The van der Waals surface area contributed by atoms with Crippen molar-refractivity contribution in [3.63, 3.8) is 0 Å². The predicted molar refractivity (Wildman–Crippen MR) is 129 cm³/mol. The van der Waals surface area contributed by atoms with Gasteiger partial charge in [-0.05, 0) is 62.6 Å². The summed E-state index contributed by atoms with van der Waals surface area (Å²) in [5.41, 5.74) is 2.44. The smallest absolute Gasteiger partial charge is 0.311 e. The van der Waals surface area contributed by atoms with Gasteiger partial charge in [-0.3, -0.25) is 4.79 Å². The number of aromatic nitrogens is 5. The molecule has 0 spiro atoms. The largest absolute Gasteiger partial charge is 0.466 e. The van der Waals surface area contributed by atoms with E-state index in [9.17, 15) is 9.18 Å². The normalized spacial score (nSPS) is 23.5. The van der Waals surface area contributed by atoms with Gasteiger partial charge in [0.25, 0.3) is 0 Å². The Bertz CT molecular complexity index is 1480. The van der Waals surface area contributed by atoms with Gasteiger partial charge < -0.3 is 15.0 Å². The summed E-state index contributed by atoms with van der Waals surface area (Å²) in [5.74, 6) is 3.44. The number of pyridine rings is 1. The monoisotopic (exact) mass is 472 g/mol. The van der Waals surface area contributed by atoms with Crippen LogP contribution in [-0.2, 0) is 9.53 Å². The maximum atomic E-state index is 14.0. The second-order valence-corrected chi connectivity index (χ2v) is 9.32. The third-order valence-electron chi connectivity index (χ3n) is 7.48. The molecule has 4 heterocycles. The standard InChI is InChI=1S/C26H25FN6O2/c1-3-17-9-10-20-25(30-22-15-7-5-14(6-8-15)21(22)26(34)35-4-2)31-24(32-33(17)20)19-13-29-23-18(19)11-16(27)12-28-23/h1,9-15,21-22H,4-8H2,2H3,(H,28,29)(H,30,31,32)/t14?,15?,21-,22-/m1/s1. The SMILES string of the molecule is C#Cc1ccc2c(N[C@@H]3C4CCC(CC4)[C@H]3C(=O)OCC)nc(-c3c[nH]c4ncc(F)cc34)nn12. The number of halogens is 1. The Morgan fingerprint density at radius 1 is 1.31 bits per heavy atom. The highest BCUT2D eigenvalue weighted by molar-refractivity contribution is 5.92. The molecule has 7 rings (SSSR count). The van der Waals surface area contributed by atoms with Crippen molar-refractivity contribution in [3.8, 4) is 23.7 Å². The molecule has 0 unspecified atom stereocenters. The van der Waals surface area contributed by atoms with E-state index in [-0.39, 0.29) is 17.9 Å². The van der Waals surface area contributed by atoms with Crippen LogP contribution in [0.4, 0.5) is 10.2 Å². The molecule has 0 amide bonds. The van der Waals surface area contributed by atoms with Crippen molar-refractivity contribution < 1.29 is 13.9 Å². The Kier molecular flexibility index (Phi) is 5.17. The Hall–Kier alpha value is -3.93. The van der Waals surface area contributed by atoms with Crippen LogP contribution >= 0.6 is 0 Å². The molecule has 3 aliphatic carbocycles. The van der Waals surface area contributed by atoms with Gasteiger partial charge in [-0.15, -0.1) is 11.5 Å². The molecule has 4 aromatic rings. The van der Waals surface area contributed by atoms with Gasteiger partial charge in [0.15, 0.2) is 11.6 Å². The van der Waals surface area contributed by atoms with Crippen molar-refractivity contribution in [2.45, 2.75) is 38.6 Å². The number of ether oxygens (including phenoxy) is 1. The molecule has 0 saturated heterocycles. The molecule has 3 fully saturated rings. The van der Waals surface area contributed by atoms with Crippen molar-refractivity contribution in [1.29, 1.82) is 0 Å². The van der Waals surface area contributed by atoms with Crippen LogP contribution in [0, 0.1) is 35.9 Å². The first-order valence-electron chi connectivity index (χ1n) is 12.0. The van der Waals surface area contributed by atoms with E-state index in [1.807, 2.05) is 19.1 Å². The predicted octanol–water partition coefficient (Wildman–Crippen LogP) is 4.17. The van der Waals surface area contributed by atoms with Gasteiger partial charge in [-0.25, -0.2) is 18.9 Å². The third kappa shape index (κ3) is 3.52. The molecule has 9 heteroatoms. The van der Waals surface area contributed by atoms with E-state index in [2.05, 4.69) is 26.3 Å². The minimum atomic E-state index is -0.446. The highest BCUT2D eigenvalue weighted by Crippen LogP contribution is 2.47. The number of esters is 1. The average molecular weight is 473 g/mol. The van der Waals surface area contributed by atoms with Crippen molar-refractivity contribution in [3.05, 3.63) is 42.1 Å². The number of anilines is 1. The fourth-order valence-electron chi connectivity index (χ4n) is 5.88. The minimum absolute atomic E-state index is 0.0978. The van der Waals surface area contributed by atoms with Crippen LogP contribution in [0.25, 0.3) is 27.9 Å². The van der Waals surface area contributed by atoms with Crippen LogP contribution in [0.15, 0.2) is 30.6 Å². The second kappa shape index (κ2) is 8.38. The quantitative estimate of drug-likeness (QED) is 0.334. The number of carbonyl (C=O) groups excluding carboxylic acids is 1. The first kappa shape index (κ1) is 21.6. The van der Waals surface area contributed by atoms with Gasteiger partial charge in [0.1, 0.15) is 22.7 Å². The molecular formula is C26H25FN6O2. The van der Waals surface area contributed by atoms with Crippen molar-refractivity contribution in [1.82, 2.24) is 24.6 Å². The second-order valence-electron chi connectivity index (χ2n) is 9.32. The Balaban J connectivity index is 1.47. The van der Waals surface area contributed by atoms with Crippen LogP contribution in [0.3, 0.4) is 0 Å². The third-order valence-corrected chi connectivity index (χ3v) is 7.48. The summed E-state index contributed by atoms with van der Waals surface area (Å²) in [6.45, 7) is 2.19. The van der Waals surface area contributed by atoms with Crippen LogP contribution in [-0.4, -0.2) is 43.2 Å². The number of nitrogens with one attached hydrogen (secondary N) is 2.